The Morgan fingerprint density at radius 1 is 1.18 bits per heavy atom. The van der Waals surface area contributed by atoms with Crippen molar-refractivity contribution in [3.05, 3.63) is 17.7 Å². The molecule has 1 aliphatic rings. The Balaban J connectivity index is 2.26. The van der Waals surface area contributed by atoms with Crippen molar-refractivity contribution < 1.29 is 24.1 Å². The standard InChI is InChI=1S/C16H23NO5/c1-20-13-8-11(9-14(21-2)15(13)22-3)10-17-7-5-4-6-12(17)16(18)19/h8-9,12H,4-7,10H2,1-3H3,(H,18,19). The molecule has 1 saturated heterocycles. The first-order valence-corrected chi connectivity index (χ1v) is 7.36. The summed E-state index contributed by atoms with van der Waals surface area (Å²) in [4.78, 5) is 13.4. The predicted molar refractivity (Wildman–Crippen MR) is 81.8 cm³/mol. The molecule has 2 rings (SSSR count). The van der Waals surface area contributed by atoms with Crippen LogP contribution in [-0.2, 0) is 11.3 Å². The lowest BCUT2D eigenvalue weighted by Crippen LogP contribution is -2.44. The highest BCUT2D eigenvalue weighted by atomic mass is 16.5. The van der Waals surface area contributed by atoms with Gasteiger partial charge in [-0.15, -0.1) is 0 Å². The van der Waals surface area contributed by atoms with Gasteiger partial charge in [-0.3, -0.25) is 9.69 Å². The number of nitrogens with zero attached hydrogens (tertiary/aromatic N) is 1. The number of hydrogen-bond donors (Lipinski definition) is 1. The molecule has 6 heteroatoms. The predicted octanol–water partition coefficient (Wildman–Crippen LogP) is 2.15. The fourth-order valence-electron chi connectivity index (χ4n) is 2.92. The number of hydrogen-bond acceptors (Lipinski definition) is 5. The molecule has 1 N–H and O–H groups in total. The summed E-state index contributed by atoms with van der Waals surface area (Å²) in [5, 5.41) is 9.36. The summed E-state index contributed by atoms with van der Waals surface area (Å²) in [5.74, 6) is 0.954. The molecule has 0 aliphatic carbocycles. The van der Waals surface area contributed by atoms with E-state index in [0.29, 0.717) is 30.2 Å². The number of rotatable bonds is 6. The third-order valence-corrected chi connectivity index (χ3v) is 4.01. The minimum atomic E-state index is -0.757. The normalized spacial score (nSPS) is 18.8. The second kappa shape index (κ2) is 7.35. The van der Waals surface area contributed by atoms with Crippen molar-refractivity contribution in [2.24, 2.45) is 0 Å². The molecular weight excluding hydrogens is 286 g/mol. The number of carbonyl (C=O) groups is 1. The van der Waals surface area contributed by atoms with Crippen molar-refractivity contribution in [3.63, 3.8) is 0 Å². The fraction of sp³-hybridized carbons (Fsp3) is 0.562. The molecule has 22 heavy (non-hydrogen) atoms. The monoisotopic (exact) mass is 309 g/mol. The summed E-state index contributed by atoms with van der Waals surface area (Å²) >= 11 is 0. The number of carboxylic acids is 1. The van der Waals surface area contributed by atoms with E-state index in [2.05, 4.69) is 0 Å². The van der Waals surface area contributed by atoms with E-state index < -0.39 is 12.0 Å². The van der Waals surface area contributed by atoms with Crippen LogP contribution in [0.2, 0.25) is 0 Å². The van der Waals surface area contributed by atoms with Gasteiger partial charge < -0.3 is 19.3 Å². The zero-order valence-electron chi connectivity index (χ0n) is 13.3. The number of benzene rings is 1. The highest BCUT2D eigenvalue weighted by Gasteiger charge is 2.28. The van der Waals surface area contributed by atoms with E-state index in [4.69, 9.17) is 14.2 Å². The van der Waals surface area contributed by atoms with Gasteiger partial charge in [-0.2, -0.15) is 0 Å². The van der Waals surface area contributed by atoms with Crippen LogP contribution in [0.25, 0.3) is 0 Å². The van der Waals surface area contributed by atoms with Crippen LogP contribution in [-0.4, -0.2) is 49.9 Å². The van der Waals surface area contributed by atoms with E-state index in [1.807, 2.05) is 17.0 Å². The molecule has 0 spiro atoms. The third kappa shape index (κ3) is 3.44. The van der Waals surface area contributed by atoms with Gasteiger partial charge in [-0.25, -0.2) is 0 Å². The molecule has 0 amide bonds. The molecule has 6 nitrogen and oxygen atoms in total. The number of likely N-dealkylation sites (tertiary alicyclic amines) is 1. The molecule has 122 valence electrons. The Morgan fingerprint density at radius 3 is 2.32 bits per heavy atom. The van der Waals surface area contributed by atoms with Crippen molar-refractivity contribution in [1.82, 2.24) is 4.90 Å². The minimum Gasteiger partial charge on any atom is -0.493 e. The first-order valence-electron chi connectivity index (χ1n) is 7.36. The maximum absolute atomic E-state index is 11.4. The van der Waals surface area contributed by atoms with Crippen molar-refractivity contribution >= 4 is 5.97 Å². The summed E-state index contributed by atoms with van der Waals surface area (Å²) in [6, 6.07) is 3.32. The minimum absolute atomic E-state index is 0.423. The van der Waals surface area contributed by atoms with Crippen LogP contribution in [0.5, 0.6) is 17.2 Å². The highest BCUT2D eigenvalue weighted by molar-refractivity contribution is 5.73. The van der Waals surface area contributed by atoms with Crippen LogP contribution in [0.3, 0.4) is 0 Å². The van der Waals surface area contributed by atoms with Crippen LogP contribution >= 0.6 is 0 Å². The molecule has 1 fully saturated rings. The Morgan fingerprint density at radius 2 is 1.82 bits per heavy atom. The summed E-state index contributed by atoms with van der Waals surface area (Å²) in [7, 11) is 4.70. The lowest BCUT2D eigenvalue weighted by Gasteiger charge is -2.33. The molecular formula is C16H23NO5. The highest BCUT2D eigenvalue weighted by Crippen LogP contribution is 2.38. The average molecular weight is 309 g/mol. The van der Waals surface area contributed by atoms with Gasteiger partial charge in [0.1, 0.15) is 6.04 Å². The topological polar surface area (TPSA) is 68.2 Å². The first kappa shape index (κ1) is 16.4. The molecule has 0 radical (unpaired) electrons. The van der Waals surface area contributed by atoms with E-state index in [1.54, 1.807) is 21.3 Å². The van der Waals surface area contributed by atoms with E-state index in [9.17, 15) is 9.90 Å². The van der Waals surface area contributed by atoms with Crippen LogP contribution in [0.15, 0.2) is 12.1 Å². The summed E-state index contributed by atoms with van der Waals surface area (Å²) < 4.78 is 16.0. The zero-order valence-corrected chi connectivity index (χ0v) is 13.3. The Labute approximate surface area is 130 Å². The summed E-state index contributed by atoms with van der Waals surface area (Å²) in [6.07, 6.45) is 2.68. The molecule has 1 aromatic rings. The SMILES string of the molecule is COc1cc(CN2CCCCC2C(=O)O)cc(OC)c1OC. The van der Waals surface area contributed by atoms with E-state index >= 15 is 0 Å². The van der Waals surface area contributed by atoms with Gasteiger partial charge in [-0.1, -0.05) is 6.42 Å². The third-order valence-electron chi connectivity index (χ3n) is 4.01. The van der Waals surface area contributed by atoms with Crippen molar-refractivity contribution in [2.45, 2.75) is 31.8 Å². The van der Waals surface area contributed by atoms with E-state index in [-0.39, 0.29) is 0 Å². The largest absolute Gasteiger partial charge is 0.493 e. The quantitative estimate of drug-likeness (QED) is 0.868. The van der Waals surface area contributed by atoms with Crippen molar-refractivity contribution in [3.8, 4) is 17.2 Å². The van der Waals surface area contributed by atoms with Crippen LogP contribution in [0.1, 0.15) is 24.8 Å². The van der Waals surface area contributed by atoms with Gasteiger partial charge in [-0.05, 0) is 37.1 Å². The smallest absolute Gasteiger partial charge is 0.320 e. The zero-order chi connectivity index (χ0) is 16.1. The number of aliphatic carboxylic acids is 1. The fourth-order valence-corrected chi connectivity index (χ4v) is 2.92. The maximum Gasteiger partial charge on any atom is 0.320 e. The Kier molecular flexibility index (Phi) is 5.49. The lowest BCUT2D eigenvalue weighted by atomic mass is 10.0. The lowest BCUT2D eigenvalue weighted by molar-refractivity contribution is -0.144. The molecule has 1 heterocycles. The maximum atomic E-state index is 11.4. The van der Waals surface area contributed by atoms with Crippen LogP contribution < -0.4 is 14.2 Å². The Hall–Kier alpha value is -1.95. The number of methoxy groups -OCH3 is 3. The van der Waals surface area contributed by atoms with E-state index in [1.165, 1.54) is 0 Å². The molecule has 0 saturated carbocycles. The molecule has 1 atom stereocenters. The molecule has 0 bridgehead atoms. The van der Waals surface area contributed by atoms with Gasteiger partial charge in [0.05, 0.1) is 21.3 Å². The van der Waals surface area contributed by atoms with Gasteiger partial charge in [0.25, 0.3) is 0 Å². The molecule has 1 unspecified atom stereocenters. The molecule has 1 aromatic carbocycles. The molecule has 1 aliphatic heterocycles. The number of carboxylic acid groups (broad SMARTS) is 1. The first-order chi connectivity index (χ1) is 10.6. The van der Waals surface area contributed by atoms with Gasteiger partial charge in [0, 0.05) is 6.54 Å². The number of ether oxygens (including phenoxy) is 3. The van der Waals surface area contributed by atoms with Gasteiger partial charge in [0.2, 0.25) is 5.75 Å². The summed E-state index contributed by atoms with van der Waals surface area (Å²) in [6.45, 7) is 1.33. The van der Waals surface area contributed by atoms with Crippen LogP contribution in [0, 0.1) is 0 Å². The number of piperidine rings is 1. The van der Waals surface area contributed by atoms with Crippen molar-refractivity contribution in [2.75, 3.05) is 27.9 Å². The molecule has 0 aromatic heterocycles. The second-order valence-electron chi connectivity index (χ2n) is 5.35. The average Bonchev–Trinajstić information content (AvgIpc) is 2.54. The van der Waals surface area contributed by atoms with Gasteiger partial charge >= 0.3 is 5.97 Å². The Bertz CT molecular complexity index is 506. The van der Waals surface area contributed by atoms with Gasteiger partial charge in [0.15, 0.2) is 11.5 Å². The van der Waals surface area contributed by atoms with Crippen molar-refractivity contribution in [1.29, 1.82) is 0 Å². The summed E-state index contributed by atoms with van der Waals surface area (Å²) in [5.41, 5.74) is 0.947. The second-order valence-corrected chi connectivity index (χ2v) is 5.35. The van der Waals surface area contributed by atoms with E-state index in [0.717, 1.165) is 24.9 Å². The van der Waals surface area contributed by atoms with Crippen LogP contribution in [0.4, 0.5) is 0 Å².